The van der Waals surface area contributed by atoms with Crippen LogP contribution in [0.2, 0.25) is 0 Å². The number of fused-ring (bicyclic) bond motifs is 2. The van der Waals surface area contributed by atoms with Gasteiger partial charge in [-0.1, -0.05) is 24.3 Å². The van der Waals surface area contributed by atoms with E-state index in [1.807, 2.05) is 12.1 Å². The summed E-state index contributed by atoms with van der Waals surface area (Å²) >= 11 is 0. The molecule has 1 saturated heterocycles. The third-order valence-electron chi connectivity index (χ3n) is 4.76. The number of carbonyl (C=O) groups excluding carboxylic acids is 1. The average Bonchev–Trinajstić information content (AvgIpc) is 2.65. The molecule has 2 aliphatic rings. The molecule has 0 N–H and O–H groups in total. The van der Waals surface area contributed by atoms with Crippen molar-refractivity contribution < 1.29 is 14.3 Å². The topological polar surface area (TPSA) is 62.6 Å². The van der Waals surface area contributed by atoms with E-state index in [0.717, 1.165) is 6.54 Å². The lowest BCUT2D eigenvalue weighted by molar-refractivity contribution is -0.169. The van der Waals surface area contributed by atoms with Crippen LogP contribution in [-0.4, -0.2) is 36.2 Å². The summed E-state index contributed by atoms with van der Waals surface area (Å²) < 4.78 is 11.3. The quantitative estimate of drug-likeness (QED) is 0.806. The lowest BCUT2D eigenvalue weighted by Gasteiger charge is -2.41. The first-order chi connectivity index (χ1) is 12.2. The number of morpholine rings is 1. The van der Waals surface area contributed by atoms with E-state index in [1.165, 1.54) is 11.1 Å². The third-order valence-corrected chi connectivity index (χ3v) is 4.76. The Bertz CT molecular complexity index is 826. The number of ether oxygens (including phenoxy) is 2. The first kappa shape index (κ1) is 15.7. The fourth-order valence-electron chi connectivity index (χ4n) is 3.44. The van der Waals surface area contributed by atoms with E-state index in [9.17, 15) is 4.79 Å². The highest BCUT2D eigenvalue weighted by atomic mass is 16.6. The molecule has 2 aromatic carbocycles. The van der Waals surface area contributed by atoms with Gasteiger partial charge in [-0.25, -0.2) is 0 Å². The minimum Gasteiger partial charge on any atom is -0.490 e. The summed E-state index contributed by atoms with van der Waals surface area (Å²) in [6, 6.07) is 17.0. The monoisotopic (exact) mass is 334 g/mol. The SMILES string of the molecule is N#Cc1ccc(OC[C@@H]2CN3Cc4ccccc4C[C@@H]3C(=O)O2)cc1. The second-order valence-electron chi connectivity index (χ2n) is 6.42. The van der Waals surface area contributed by atoms with Crippen LogP contribution in [0.5, 0.6) is 5.75 Å². The highest BCUT2D eigenvalue weighted by Crippen LogP contribution is 2.27. The molecule has 0 unspecified atom stereocenters. The van der Waals surface area contributed by atoms with Gasteiger partial charge in [0.1, 0.15) is 24.5 Å². The smallest absolute Gasteiger partial charge is 0.324 e. The summed E-state index contributed by atoms with van der Waals surface area (Å²) in [5, 5.41) is 8.82. The molecule has 126 valence electrons. The Labute approximate surface area is 146 Å². The Morgan fingerprint density at radius 1 is 1.16 bits per heavy atom. The maximum atomic E-state index is 12.4. The van der Waals surface area contributed by atoms with Crippen LogP contribution in [0.4, 0.5) is 0 Å². The zero-order valence-electron chi connectivity index (χ0n) is 13.7. The summed E-state index contributed by atoms with van der Waals surface area (Å²) in [6.07, 6.45) is 0.419. The van der Waals surface area contributed by atoms with Crippen LogP contribution < -0.4 is 4.74 Å². The first-order valence-electron chi connectivity index (χ1n) is 8.37. The van der Waals surface area contributed by atoms with E-state index in [1.54, 1.807) is 24.3 Å². The highest BCUT2D eigenvalue weighted by molar-refractivity contribution is 5.77. The summed E-state index contributed by atoms with van der Waals surface area (Å²) in [5.41, 5.74) is 3.10. The number of carbonyl (C=O) groups is 1. The van der Waals surface area contributed by atoms with Crippen LogP contribution in [0.25, 0.3) is 0 Å². The first-order valence-corrected chi connectivity index (χ1v) is 8.37. The maximum absolute atomic E-state index is 12.4. The summed E-state index contributed by atoms with van der Waals surface area (Å²) in [5.74, 6) is 0.496. The van der Waals surface area contributed by atoms with Gasteiger partial charge in [0.2, 0.25) is 0 Å². The zero-order valence-corrected chi connectivity index (χ0v) is 13.7. The number of benzene rings is 2. The second-order valence-corrected chi connectivity index (χ2v) is 6.42. The van der Waals surface area contributed by atoms with Gasteiger partial charge in [-0.15, -0.1) is 0 Å². The number of nitriles is 1. The number of hydrogen-bond donors (Lipinski definition) is 0. The van der Waals surface area contributed by atoms with Crippen molar-refractivity contribution in [2.24, 2.45) is 0 Å². The Morgan fingerprint density at radius 2 is 1.92 bits per heavy atom. The van der Waals surface area contributed by atoms with E-state index in [-0.39, 0.29) is 18.1 Å². The average molecular weight is 334 g/mol. The van der Waals surface area contributed by atoms with Crippen LogP contribution in [0.3, 0.4) is 0 Å². The summed E-state index contributed by atoms with van der Waals surface area (Å²) in [4.78, 5) is 14.6. The van der Waals surface area contributed by atoms with Gasteiger partial charge in [-0.3, -0.25) is 9.69 Å². The van der Waals surface area contributed by atoms with Crippen LogP contribution in [-0.2, 0) is 22.5 Å². The normalized spacial score (nSPS) is 22.3. The van der Waals surface area contributed by atoms with E-state index in [0.29, 0.717) is 30.9 Å². The summed E-state index contributed by atoms with van der Waals surface area (Å²) in [7, 11) is 0. The number of esters is 1. The van der Waals surface area contributed by atoms with Gasteiger partial charge in [0.05, 0.1) is 11.6 Å². The molecule has 0 amide bonds. The van der Waals surface area contributed by atoms with Crippen molar-refractivity contribution in [2.75, 3.05) is 13.2 Å². The molecule has 0 radical (unpaired) electrons. The maximum Gasteiger partial charge on any atom is 0.324 e. The molecule has 0 bridgehead atoms. The molecule has 2 heterocycles. The van der Waals surface area contributed by atoms with Crippen molar-refractivity contribution >= 4 is 5.97 Å². The van der Waals surface area contributed by atoms with Gasteiger partial charge in [0, 0.05) is 13.1 Å². The predicted molar refractivity (Wildman–Crippen MR) is 90.9 cm³/mol. The molecular formula is C20H18N2O3. The molecular weight excluding hydrogens is 316 g/mol. The minimum atomic E-state index is -0.287. The van der Waals surface area contributed by atoms with Gasteiger partial charge < -0.3 is 9.47 Å². The van der Waals surface area contributed by atoms with Crippen molar-refractivity contribution in [1.29, 1.82) is 5.26 Å². The Hall–Kier alpha value is -2.84. The second kappa shape index (κ2) is 6.58. The number of nitrogens with zero attached hydrogens (tertiary/aromatic N) is 2. The molecule has 5 nitrogen and oxygen atoms in total. The van der Waals surface area contributed by atoms with Gasteiger partial charge in [0.15, 0.2) is 0 Å². The van der Waals surface area contributed by atoms with Crippen LogP contribution in [0.1, 0.15) is 16.7 Å². The van der Waals surface area contributed by atoms with Crippen molar-refractivity contribution in [3.05, 3.63) is 65.2 Å². The number of cyclic esters (lactones) is 1. The minimum absolute atomic E-state index is 0.172. The molecule has 5 heteroatoms. The molecule has 0 aliphatic carbocycles. The van der Waals surface area contributed by atoms with Crippen molar-refractivity contribution in [2.45, 2.75) is 25.1 Å². The van der Waals surface area contributed by atoms with Crippen LogP contribution in [0.15, 0.2) is 48.5 Å². The molecule has 0 spiro atoms. The molecule has 0 saturated carbocycles. The fourth-order valence-corrected chi connectivity index (χ4v) is 3.44. The van der Waals surface area contributed by atoms with Gasteiger partial charge in [-0.2, -0.15) is 5.26 Å². The predicted octanol–water partition coefficient (Wildman–Crippen LogP) is 2.29. The van der Waals surface area contributed by atoms with Gasteiger partial charge in [-0.05, 0) is 41.8 Å². The molecule has 2 aliphatic heterocycles. The zero-order chi connectivity index (χ0) is 17.2. The van der Waals surface area contributed by atoms with Crippen molar-refractivity contribution in [1.82, 2.24) is 4.90 Å². The Kier molecular flexibility index (Phi) is 4.12. The fraction of sp³-hybridized carbons (Fsp3) is 0.300. The summed E-state index contributed by atoms with van der Waals surface area (Å²) in [6.45, 7) is 1.74. The van der Waals surface area contributed by atoms with Gasteiger partial charge >= 0.3 is 5.97 Å². The van der Waals surface area contributed by atoms with Crippen LogP contribution >= 0.6 is 0 Å². The lowest BCUT2D eigenvalue weighted by Crippen LogP contribution is -2.56. The molecule has 0 aromatic heterocycles. The van der Waals surface area contributed by atoms with E-state index < -0.39 is 0 Å². The Morgan fingerprint density at radius 3 is 2.68 bits per heavy atom. The molecule has 25 heavy (non-hydrogen) atoms. The van der Waals surface area contributed by atoms with E-state index >= 15 is 0 Å². The molecule has 1 fully saturated rings. The molecule has 2 aromatic rings. The lowest BCUT2D eigenvalue weighted by atomic mass is 9.93. The van der Waals surface area contributed by atoms with E-state index in [2.05, 4.69) is 23.1 Å². The number of rotatable bonds is 3. The highest BCUT2D eigenvalue weighted by Gasteiger charge is 2.39. The van der Waals surface area contributed by atoms with Crippen molar-refractivity contribution in [3.8, 4) is 11.8 Å². The number of hydrogen-bond acceptors (Lipinski definition) is 5. The molecule has 4 rings (SSSR count). The van der Waals surface area contributed by atoms with E-state index in [4.69, 9.17) is 14.7 Å². The third kappa shape index (κ3) is 3.21. The van der Waals surface area contributed by atoms with Crippen LogP contribution in [0, 0.1) is 11.3 Å². The standard InChI is InChI=1S/C20H18N2O3/c21-10-14-5-7-17(8-6-14)24-13-18-12-22-11-16-4-2-1-3-15(16)9-19(22)20(23)25-18/h1-8,18-19H,9,11-13H2/t18-,19+/m0/s1. The van der Waals surface area contributed by atoms with Crippen molar-refractivity contribution in [3.63, 3.8) is 0 Å². The van der Waals surface area contributed by atoms with Gasteiger partial charge in [0.25, 0.3) is 0 Å². The largest absolute Gasteiger partial charge is 0.490 e. The molecule has 2 atom stereocenters. The Balaban J connectivity index is 1.41.